The molecule has 3 N–H and O–H groups in total. The Hall–Kier alpha value is -0.930. The highest BCUT2D eigenvalue weighted by atomic mass is 19.1. The molecule has 82 valence electrons. The van der Waals surface area contributed by atoms with Crippen LogP contribution in [-0.4, -0.2) is 13.1 Å². The number of hydrogen-bond donors (Lipinski definition) is 2. The highest BCUT2D eigenvalue weighted by Crippen LogP contribution is 2.30. The van der Waals surface area contributed by atoms with Gasteiger partial charge < -0.3 is 11.1 Å². The van der Waals surface area contributed by atoms with Crippen molar-refractivity contribution in [3.05, 3.63) is 35.4 Å². The Balaban J connectivity index is 2.13. The summed E-state index contributed by atoms with van der Waals surface area (Å²) in [7, 11) is 0. The van der Waals surface area contributed by atoms with E-state index in [1.807, 2.05) is 24.3 Å². The molecule has 1 aliphatic rings. The van der Waals surface area contributed by atoms with E-state index >= 15 is 0 Å². The molecule has 0 aliphatic carbocycles. The third kappa shape index (κ3) is 2.36. The van der Waals surface area contributed by atoms with Crippen molar-refractivity contribution in [2.75, 3.05) is 13.1 Å². The molecule has 15 heavy (non-hydrogen) atoms. The Kier molecular flexibility index (Phi) is 3.34. The van der Waals surface area contributed by atoms with Crippen molar-refractivity contribution in [2.45, 2.75) is 19.1 Å². The molecule has 0 amide bonds. The SMILES string of the molecule is NCc1cccc(C(F)C2CCNC2)c1. The van der Waals surface area contributed by atoms with Gasteiger partial charge in [-0.25, -0.2) is 4.39 Å². The Bertz CT molecular complexity index is 321. The highest BCUT2D eigenvalue weighted by molar-refractivity contribution is 5.25. The normalized spacial score (nSPS) is 22.9. The van der Waals surface area contributed by atoms with E-state index in [1.165, 1.54) is 0 Å². The van der Waals surface area contributed by atoms with E-state index in [4.69, 9.17) is 5.73 Å². The van der Waals surface area contributed by atoms with Crippen molar-refractivity contribution >= 4 is 0 Å². The largest absolute Gasteiger partial charge is 0.326 e. The lowest BCUT2D eigenvalue weighted by atomic mass is 9.95. The van der Waals surface area contributed by atoms with Gasteiger partial charge in [0, 0.05) is 19.0 Å². The summed E-state index contributed by atoms with van der Waals surface area (Å²) in [6, 6.07) is 7.54. The van der Waals surface area contributed by atoms with Crippen molar-refractivity contribution in [3.63, 3.8) is 0 Å². The fourth-order valence-electron chi connectivity index (χ4n) is 2.09. The van der Waals surface area contributed by atoms with Crippen LogP contribution in [-0.2, 0) is 6.54 Å². The molecule has 0 saturated carbocycles. The minimum Gasteiger partial charge on any atom is -0.326 e. The smallest absolute Gasteiger partial charge is 0.129 e. The maximum absolute atomic E-state index is 14.1. The summed E-state index contributed by atoms with van der Waals surface area (Å²) >= 11 is 0. The van der Waals surface area contributed by atoms with Crippen LogP contribution in [0.25, 0.3) is 0 Å². The van der Waals surface area contributed by atoms with Gasteiger partial charge >= 0.3 is 0 Å². The first kappa shape index (κ1) is 10.6. The van der Waals surface area contributed by atoms with Crippen molar-refractivity contribution in [1.29, 1.82) is 0 Å². The summed E-state index contributed by atoms with van der Waals surface area (Å²) < 4.78 is 14.1. The molecule has 0 aromatic heterocycles. The molecule has 1 fully saturated rings. The van der Waals surface area contributed by atoms with Gasteiger partial charge in [-0.2, -0.15) is 0 Å². The lowest BCUT2D eigenvalue weighted by molar-refractivity contribution is 0.246. The predicted octanol–water partition coefficient (Wildman–Crippen LogP) is 1.77. The third-order valence-electron chi connectivity index (χ3n) is 3.02. The zero-order valence-electron chi connectivity index (χ0n) is 8.75. The molecule has 1 heterocycles. The molecular weight excluding hydrogens is 191 g/mol. The average molecular weight is 208 g/mol. The molecule has 1 aromatic rings. The van der Waals surface area contributed by atoms with Crippen LogP contribution in [0.2, 0.25) is 0 Å². The number of nitrogens with one attached hydrogen (secondary N) is 1. The van der Waals surface area contributed by atoms with Gasteiger partial charge in [0.05, 0.1) is 0 Å². The lowest BCUT2D eigenvalue weighted by Crippen LogP contribution is -2.13. The summed E-state index contributed by atoms with van der Waals surface area (Å²) in [5.74, 6) is 0.123. The van der Waals surface area contributed by atoms with Crippen LogP contribution >= 0.6 is 0 Å². The van der Waals surface area contributed by atoms with E-state index in [1.54, 1.807) is 0 Å². The van der Waals surface area contributed by atoms with E-state index in [0.29, 0.717) is 6.54 Å². The van der Waals surface area contributed by atoms with Crippen LogP contribution in [0.1, 0.15) is 23.7 Å². The zero-order valence-corrected chi connectivity index (χ0v) is 8.75. The molecule has 1 aromatic carbocycles. The molecule has 0 spiro atoms. The molecular formula is C12H17FN2. The van der Waals surface area contributed by atoms with E-state index in [0.717, 1.165) is 30.6 Å². The van der Waals surface area contributed by atoms with Crippen LogP contribution in [0.4, 0.5) is 4.39 Å². The van der Waals surface area contributed by atoms with Gasteiger partial charge in [-0.3, -0.25) is 0 Å². The second-order valence-electron chi connectivity index (χ2n) is 4.10. The van der Waals surface area contributed by atoms with Crippen LogP contribution in [0.15, 0.2) is 24.3 Å². The minimum absolute atomic E-state index is 0.123. The molecule has 0 radical (unpaired) electrons. The molecule has 2 rings (SSSR count). The average Bonchev–Trinajstić information content (AvgIpc) is 2.81. The first-order chi connectivity index (χ1) is 7.31. The second-order valence-corrected chi connectivity index (χ2v) is 4.10. The van der Waals surface area contributed by atoms with Gasteiger partial charge in [0.1, 0.15) is 6.17 Å². The van der Waals surface area contributed by atoms with Gasteiger partial charge in [-0.05, 0) is 24.1 Å². The first-order valence-corrected chi connectivity index (χ1v) is 5.45. The third-order valence-corrected chi connectivity index (χ3v) is 3.02. The van der Waals surface area contributed by atoms with Crippen molar-refractivity contribution in [2.24, 2.45) is 11.7 Å². The van der Waals surface area contributed by atoms with E-state index in [-0.39, 0.29) is 5.92 Å². The molecule has 2 unspecified atom stereocenters. The number of benzene rings is 1. The Labute approximate surface area is 89.7 Å². The van der Waals surface area contributed by atoms with Gasteiger partial charge in [-0.1, -0.05) is 24.3 Å². The topological polar surface area (TPSA) is 38.0 Å². The van der Waals surface area contributed by atoms with Crippen LogP contribution < -0.4 is 11.1 Å². The van der Waals surface area contributed by atoms with Crippen molar-refractivity contribution in [1.82, 2.24) is 5.32 Å². The number of halogens is 1. The summed E-state index contributed by atoms with van der Waals surface area (Å²) in [5.41, 5.74) is 7.31. The van der Waals surface area contributed by atoms with E-state index in [9.17, 15) is 4.39 Å². The number of hydrogen-bond acceptors (Lipinski definition) is 2. The summed E-state index contributed by atoms with van der Waals surface area (Å²) in [6.45, 7) is 2.19. The quantitative estimate of drug-likeness (QED) is 0.794. The van der Waals surface area contributed by atoms with Crippen LogP contribution in [0.3, 0.4) is 0 Å². The zero-order chi connectivity index (χ0) is 10.7. The molecule has 0 bridgehead atoms. The van der Waals surface area contributed by atoms with Gasteiger partial charge in [-0.15, -0.1) is 0 Å². The Morgan fingerprint density at radius 2 is 2.40 bits per heavy atom. The second kappa shape index (κ2) is 4.73. The van der Waals surface area contributed by atoms with Crippen molar-refractivity contribution in [3.8, 4) is 0 Å². The number of alkyl halides is 1. The summed E-state index contributed by atoms with van der Waals surface area (Å²) in [6.07, 6.45) is 0.0695. The monoisotopic (exact) mass is 208 g/mol. The fourth-order valence-corrected chi connectivity index (χ4v) is 2.09. The van der Waals surface area contributed by atoms with Crippen molar-refractivity contribution < 1.29 is 4.39 Å². The maximum atomic E-state index is 14.1. The summed E-state index contributed by atoms with van der Waals surface area (Å²) in [4.78, 5) is 0. The van der Waals surface area contributed by atoms with Gasteiger partial charge in [0.15, 0.2) is 0 Å². The van der Waals surface area contributed by atoms with Gasteiger partial charge in [0.25, 0.3) is 0 Å². The fraction of sp³-hybridized carbons (Fsp3) is 0.500. The Morgan fingerprint density at radius 3 is 3.07 bits per heavy atom. The summed E-state index contributed by atoms with van der Waals surface area (Å²) in [5, 5.41) is 3.19. The number of nitrogens with two attached hydrogens (primary N) is 1. The first-order valence-electron chi connectivity index (χ1n) is 5.45. The molecule has 2 atom stereocenters. The van der Waals surface area contributed by atoms with E-state index in [2.05, 4.69) is 5.32 Å². The number of rotatable bonds is 3. The molecule has 1 aliphatic heterocycles. The van der Waals surface area contributed by atoms with E-state index < -0.39 is 6.17 Å². The van der Waals surface area contributed by atoms with Crippen LogP contribution in [0, 0.1) is 5.92 Å². The van der Waals surface area contributed by atoms with Crippen LogP contribution in [0.5, 0.6) is 0 Å². The Morgan fingerprint density at radius 1 is 1.53 bits per heavy atom. The highest BCUT2D eigenvalue weighted by Gasteiger charge is 2.25. The molecule has 2 nitrogen and oxygen atoms in total. The lowest BCUT2D eigenvalue weighted by Gasteiger charge is -2.15. The molecule has 1 saturated heterocycles. The standard InChI is InChI=1S/C12H17FN2/c13-12(11-4-5-15-8-11)10-3-1-2-9(6-10)7-14/h1-3,6,11-12,15H,4-5,7-8,14H2. The minimum atomic E-state index is -0.855. The maximum Gasteiger partial charge on any atom is 0.129 e. The predicted molar refractivity (Wildman–Crippen MR) is 59.2 cm³/mol. The molecule has 3 heteroatoms. The van der Waals surface area contributed by atoms with Gasteiger partial charge in [0.2, 0.25) is 0 Å².